The maximum Gasteiger partial charge on any atom is 0.146 e. The van der Waals surface area contributed by atoms with Gasteiger partial charge in [-0.2, -0.15) is 5.10 Å². The lowest BCUT2D eigenvalue weighted by Gasteiger charge is -2.16. The summed E-state index contributed by atoms with van der Waals surface area (Å²) in [5.41, 5.74) is 2.03. The highest BCUT2D eigenvalue weighted by molar-refractivity contribution is 6.31. The van der Waals surface area contributed by atoms with Crippen molar-refractivity contribution in [3.8, 4) is 0 Å². The first-order valence-corrected chi connectivity index (χ1v) is 6.38. The Morgan fingerprint density at radius 1 is 1.53 bits per heavy atom. The van der Waals surface area contributed by atoms with E-state index in [4.69, 9.17) is 11.6 Å². The highest BCUT2D eigenvalue weighted by Gasteiger charge is 2.20. The van der Waals surface area contributed by atoms with Gasteiger partial charge in [0.05, 0.1) is 28.1 Å². The second-order valence-corrected chi connectivity index (χ2v) is 4.76. The molecule has 2 aromatic heterocycles. The average Bonchev–Trinajstić information content (AvgIpc) is 2.63. The predicted molar refractivity (Wildman–Crippen MR) is 72.7 cm³/mol. The molecule has 2 rings (SSSR count). The minimum absolute atomic E-state index is 0.242. The van der Waals surface area contributed by atoms with Crippen LogP contribution < -0.4 is 5.32 Å². The van der Waals surface area contributed by atoms with Gasteiger partial charge < -0.3 is 5.32 Å². The van der Waals surface area contributed by atoms with Gasteiger partial charge in [-0.25, -0.2) is 4.39 Å². The predicted octanol–water partition coefficient (Wildman–Crippen LogP) is 2.42. The van der Waals surface area contributed by atoms with Crippen LogP contribution in [0.25, 0.3) is 0 Å². The fraction of sp³-hybridized carbons (Fsp3) is 0.385. The Kier molecular flexibility index (Phi) is 4.17. The summed E-state index contributed by atoms with van der Waals surface area (Å²) in [6.07, 6.45) is 2.11. The number of aryl methyl sites for hydroxylation is 2. The van der Waals surface area contributed by atoms with Crippen LogP contribution in [0, 0.1) is 12.7 Å². The number of rotatable bonds is 4. The van der Waals surface area contributed by atoms with Gasteiger partial charge in [-0.3, -0.25) is 9.67 Å². The number of hydrogen-bond donors (Lipinski definition) is 1. The molecule has 1 atom stereocenters. The fourth-order valence-corrected chi connectivity index (χ4v) is 2.32. The minimum atomic E-state index is -0.322. The zero-order chi connectivity index (χ0) is 14.0. The third kappa shape index (κ3) is 2.77. The van der Waals surface area contributed by atoms with Crippen LogP contribution in [0.4, 0.5) is 4.39 Å². The molecule has 0 aromatic carbocycles. The Hall–Kier alpha value is -1.46. The Labute approximate surface area is 116 Å². The summed E-state index contributed by atoms with van der Waals surface area (Å²) in [6, 6.07) is 2.74. The zero-order valence-corrected chi connectivity index (χ0v) is 11.9. The highest BCUT2D eigenvalue weighted by atomic mass is 35.5. The lowest BCUT2D eigenvalue weighted by molar-refractivity contribution is 0.504. The normalized spacial score (nSPS) is 12.7. The van der Waals surface area contributed by atoms with E-state index >= 15 is 0 Å². The Balaban J connectivity index is 2.32. The fourth-order valence-electron chi connectivity index (χ4n) is 2.08. The topological polar surface area (TPSA) is 42.7 Å². The van der Waals surface area contributed by atoms with Crippen LogP contribution in [0.1, 0.15) is 23.1 Å². The largest absolute Gasteiger partial charge is 0.311 e. The molecular formula is C13H16ClFN4. The third-order valence-corrected chi connectivity index (χ3v) is 3.62. The maximum atomic E-state index is 13.8. The summed E-state index contributed by atoms with van der Waals surface area (Å²) in [5, 5.41) is 7.95. The van der Waals surface area contributed by atoms with E-state index < -0.39 is 0 Å². The number of nitrogens with one attached hydrogen (secondary N) is 1. The van der Waals surface area contributed by atoms with Gasteiger partial charge in [0.25, 0.3) is 0 Å². The molecule has 0 bridgehead atoms. The number of halogens is 2. The van der Waals surface area contributed by atoms with Crippen LogP contribution >= 0.6 is 11.6 Å². The molecule has 1 unspecified atom stereocenters. The first-order valence-electron chi connectivity index (χ1n) is 6.00. The number of pyridine rings is 1. The van der Waals surface area contributed by atoms with E-state index in [1.807, 2.05) is 14.0 Å². The Morgan fingerprint density at radius 2 is 2.26 bits per heavy atom. The van der Waals surface area contributed by atoms with E-state index in [9.17, 15) is 4.39 Å². The monoisotopic (exact) mass is 282 g/mol. The van der Waals surface area contributed by atoms with E-state index in [1.165, 1.54) is 6.07 Å². The molecule has 0 radical (unpaired) electrons. The third-order valence-electron chi connectivity index (χ3n) is 3.12. The zero-order valence-electron chi connectivity index (χ0n) is 11.1. The van der Waals surface area contributed by atoms with Gasteiger partial charge in [0, 0.05) is 19.7 Å². The van der Waals surface area contributed by atoms with Crippen molar-refractivity contribution in [2.45, 2.75) is 19.4 Å². The Morgan fingerprint density at radius 3 is 2.79 bits per heavy atom. The molecule has 0 spiro atoms. The van der Waals surface area contributed by atoms with Gasteiger partial charge >= 0.3 is 0 Å². The summed E-state index contributed by atoms with van der Waals surface area (Å²) in [6.45, 7) is 1.85. The van der Waals surface area contributed by atoms with Gasteiger partial charge in [-0.15, -0.1) is 0 Å². The molecule has 102 valence electrons. The SMILES string of the molecule is CNC(Cc1c(Cl)c(C)nn1C)c1ncccc1F. The van der Waals surface area contributed by atoms with Gasteiger partial charge in [-0.1, -0.05) is 11.6 Å². The van der Waals surface area contributed by atoms with Crippen LogP contribution in [-0.4, -0.2) is 21.8 Å². The first kappa shape index (κ1) is 14.0. The molecular weight excluding hydrogens is 267 g/mol. The summed E-state index contributed by atoms with van der Waals surface area (Å²) in [4.78, 5) is 4.10. The summed E-state index contributed by atoms with van der Waals surface area (Å²) in [7, 11) is 3.60. The van der Waals surface area contributed by atoms with Crippen molar-refractivity contribution in [1.29, 1.82) is 0 Å². The summed E-state index contributed by atoms with van der Waals surface area (Å²) < 4.78 is 15.5. The molecule has 6 heteroatoms. The van der Waals surface area contributed by atoms with Crippen molar-refractivity contribution < 1.29 is 4.39 Å². The van der Waals surface area contributed by atoms with Crippen LogP contribution in [0.3, 0.4) is 0 Å². The number of hydrogen-bond acceptors (Lipinski definition) is 3. The van der Waals surface area contributed by atoms with E-state index in [0.29, 0.717) is 17.1 Å². The highest BCUT2D eigenvalue weighted by Crippen LogP contribution is 2.25. The van der Waals surface area contributed by atoms with Crippen molar-refractivity contribution in [3.05, 3.63) is 46.3 Å². The van der Waals surface area contributed by atoms with Crippen molar-refractivity contribution >= 4 is 11.6 Å². The number of aromatic nitrogens is 3. The molecule has 0 amide bonds. The Bertz CT molecular complexity index is 582. The molecule has 0 fully saturated rings. The van der Waals surface area contributed by atoms with Gasteiger partial charge in [0.1, 0.15) is 5.82 Å². The lowest BCUT2D eigenvalue weighted by atomic mass is 10.1. The van der Waals surface area contributed by atoms with E-state index in [2.05, 4.69) is 15.4 Å². The average molecular weight is 283 g/mol. The lowest BCUT2D eigenvalue weighted by Crippen LogP contribution is -2.22. The molecule has 2 aromatic rings. The molecule has 0 aliphatic carbocycles. The van der Waals surface area contributed by atoms with E-state index in [1.54, 1.807) is 24.0 Å². The quantitative estimate of drug-likeness (QED) is 0.936. The van der Waals surface area contributed by atoms with Crippen LogP contribution in [0.15, 0.2) is 18.3 Å². The maximum absolute atomic E-state index is 13.8. The molecule has 0 aliphatic heterocycles. The standard InChI is InChI=1S/C13H16ClFN4/c1-8-12(14)11(19(3)18-8)7-10(16-2)13-9(15)5-4-6-17-13/h4-6,10,16H,7H2,1-3H3. The molecule has 0 saturated heterocycles. The van der Waals surface area contributed by atoms with Crippen molar-refractivity contribution in [3.63, 3.8) is 0 Å². The van der Waals surface area contributed by atoms with E-state index in [-0.39, 0.29) is 11.9 Å². The second kappa shape index (κ2) is 5.67. The molecule has 1 N–H and O–H groups in total. The summed E-state index contributed by atoms with van der Waals surface area (Å²) >= 11 is 6.22. The molecule has 4 nitrogen and oxygen atoms in total. The van der Waals surface area contributed by atoms with Crippen molar-refractivity contribution in [1.82, 2.24) is 20.1 Å². The van der Waals surface area contributed by atoms with Crippen molar-refractivity contribution in [2.75, 3.05) is 7.05 Å². The summed E-state index contributed by atoms with van der Waals surface area (Å²) in [5.74, 6) is -0.322. The second-order valence-electron chi connectivity index (χ2n) is 4.39. The molecule has 0 saturated carbocycles. The first-order chi connectivity index (χ1) is 9.04. The van der Waals surface area contributed by atoms with Crippen LogP contribution in [0.2, 0.25) is 5.02 Å². The minimum Gasteiger partial charge on any atom is -0.311 e. The van der Waals surface area contributed by atoms with E-state index in [0.717, 1.165) is 11.4 Å². The van der Waals surface area contributed by atoms with Gasteiger partial charge in [0.15, 0.2) is 0 Å². The molecule has 0 aliphatic rings. The number of nitrogens with zero attached hydrogens (tertiary/aromatic N) is 3. The smallest absolute Gasteiger partial charge is 0.146 e. The molecule has 2 heterocycles. The van der Waals surface area contributed by atoms with Gasteiger partial charge in [-0.05, 0) is 26.1 Å². The van der Waals surface area contributed by atoms with Gasteiger partial charge in [0.2, 0.25) is 0 Å². The molecule has 19 heavy (non-hydrogen) atoms. The van der Waals surface area contributed by atoms with Crippen LogP contribution in [-0.2, 0) is 13.5 Å². The number of likely N-dealkylation sites (N-methyl/N-ethyl adjacent to an activating group) is 1. The van der Waals surface area contributed by atoms with Crippen LogP contribution in [0.5, 0.6) is 0 Å². The van der Waals surface area contributed by atoms with Crippen molar-refractivity contribution in [2.24, 2.45) is 7.05 Å².